The van der Waals surface area contributed by atoms with E-state index in [4.69, 9.17) is 0 Å². The Hall–Kier alpha value is -3.40. The number of nitrogens with one attached hydrogen (secondary N) is 1. The van der Waals surface area contributed by atoms with Gasteiger partial charge >= 0.3 is 5.69 Å². The van der Waals surface area contributed by atoms with E-state index in [0.717, 1.165) is 21.0 Å². The van der Waals surface area contributed by atoms with Gasteiger partial charge in [0, 0.05) is 32.2 Å². The molecular formula is C18H17N5O2. The van der Waals surface area contributed by atoms with Gasteiger partial charge in [0.1, 0.15) is 11.9 Å². The van der Waals surface area contributed by atoms with Crippen molar-refractivity contribution in [2.75, 3.05) is 11.9 Å². The van der Waals surface area contributed by atoms with Gasteiger partial charge in [-0.3, -0.25) is 18.9 Å². The molecule has 3 rings (SSSR count). The summed E-state index contributed by atoms with van der Waals surface area (Å²) in [7, 11) is 2.89. The number of aromatic nitrogens is 3. The third-order valence-electron chi connectivity index (χ3n) is 4.18. The molecule has 2 aromatic heterocycles. The predicted molar refractivity (Wildman–Crippen MR) is 95.6 cm³/mol. The molecule has 0 spiro atoms. The number of rotatable bonds is 4. The largest absolute Gasteiger partial charge is 0.370 e. The molecule has 0 aliphatic heterocycles. The van der Waals surface area contributed by atoms with Crippen LogP contribution in [0.1, 0.15) is 11.1 Å². The monoisotopic (exact) mass is 335 g/mol. The molecule has 0 amide bonds. The number of nitriles is 1. The molecule has 0 aliphatic rings. The van der Waals surface area contributed by atoms with E-state index in [0.29, 0.717) is 13.0 Å². The van der Waals surface area contributed by atoms with Gasteiger partial charge in [-0.15, -0.1) is 0 Å². The van der Waals surface area contributed by atoms with Gasteiger partial charge in [0.2, 0.25) is 0 Å². The highest BCUT2D eigenvalue weighted by molar-refractivity contribution is 5.81. The van der Waals surface area contributed by atoms with Crippen molar-refractivity contribution in [2.45, 2.75) is 6.42 Å². The molecule has 0 saturated carbocycles. The number of para-hydroxylation sites is 1. The molecule has 3 aromatic rings. The Morgan fingerprint density at radius 2 is 1.92 bits per heavy atom. The van der Waals surface area contributed by atoms with Crippen molar-refractivity contribution in [3.63, 3.8) is 0 Å². The summed E-state index contributed by atoms with van der Waals surface area (Å²) in [5.74, 6) is 0.240. The van der Waals surface area contributed by atoms with Gasteiger partial charge in [0.25, 0.3) is 5.56 Å². The van der Waals surface area contributed by atoms with Crippen LogP contribution in [0.3, 0.4) is 0 Å². The molecule has 0 aliphatic carbocycles. The smallest absolute Gasteiger partial charge is 0.332 e. The summed E-state index contributed by atoms with van der Waals surface area (Å²) in [6.45, 7) is 0.463. The summed E-state index contributed by atoms with van der Waals surface area (Å²) in [6, 6.07) is 11.7. The van der Waals surface area contributed by atoms with Gasteiger partial charge in [0.15, 0.2) is 5.56 Å². The van der Waals surface area contributed by atoms with Crippen molar-refractivity contribution in [3.8, 4) is 6.07 Å². The lowest BCUT2D eigenvalue weighted by Gasteiger charge is -2.14. The summed E-state index contributed by atoms with van der Waals surface area (Å²) in [6.07, 6.45) is 2.39. The Bertz CT molecular complexity index is 1100. The number of anilines is 1. The van der Waals surface area contributed by atoms with Crippen LogP contribution in [0.5, 0.6) is 0 Å². The molecule has 0 atom stereocenters. The molecule has 1 N–H and O–H groups in total. The summed E-state index contributed by atoms with van der Waals surface area (Å²) < 4.78 is 2.21. The number of pyridine rings is 1. The average molecular weight is 335 g/mol. The Balaban J connectivity index is 1.89. The van der Waals surface area contributed by atoms with Crippen LogP contribution in [0.4, 0.5) is 5.82 Å². The molecule has 7 nitrogen and oxygen atoms in total. The first-order chi connectivity index (χ1) is 12.0. The molecule has 0 saturated heterocycles. The first-order valence-corrected chi connectivity index (χ1v) is 7.81. The van der Waals surface area contributed by atoms with Crippen LogP contribution >= 0.6 is 0 Å². The molecule has 0 fully saturated rings. The maximum atomic E-state index is 12.1. The van der Waals surface area contributed by atoms with Gasteiger partial charge in [-0.05, 0) is 18.1 Å². The minimum absolute atomic E-state index is 0.0688. The highest BCUT2D eigenvalue weighted by atomic mass is 16.2. The second-order valence-corrected chi connectivity index (χ2v) is 5.71. The Morgan fingerprint density at radius 3 is 2.68 bits per heavy atom. The molecule has 0 radical (unpaired) electrons. The lowest BCUT2D eigenvalue weighted by Crippen LogP contribution is -2.40. The number of hydrogen-bond acceptors (Lipinski definition) is 5. The molecule has 0 bridgehead atoms. The molecule has 1 aromatic carbocycles. The van der Waals surface area contributed by atoms with Crippen LogP contribution in [-0.4, -0.2) is 20.7 Å². The minimum atomic E-state index is -0.597. The van der Waals surface area contributed by atoms with E-state index in [1.54, 1.807) is 6.20 Å². The Morgan fingerprint density at radius 1 is 1.16 bits per heavy atom. The van der Waals surface area contributed by atoms with Crippen LogP contribution in [0.15, 0.2) is 46.1 Å². The van der Waals surface area contributed by atoms with Crippen molar-refractivity contribution in [3.05, 3.63) is 68.5 Å². The van der Waals surface area contributed by atoms with Crippen LogP contribution in [-0.2, 0) is 20.5 Å². The SMILES string of the molecule is Cn1c(NCCc2cccc3cccnc23)c(C#N)c(=O)n(C)c1=O. The van der Waals surface area contributed by atoms with E-state index >= 15 is 0 Å². The third-order valence-corrected chi connectivity index (χ3v) is 4.18. The quantitative estimate of drug-likeness (QED) is 0.772. The van der Waals surface area contributed by atoms with Gasteiger partial charge in [-0.1, -0.05) is 24.3 Å². The lowest BCUT2D eigenvalue weighted by atomic mass is 10.1. The predicted octanol–water partition coefficient (Wildman–Crippen LogP) is 1.16. The van der Waals surface area contributed by atoms with Gasteiger partial charge in [-0.25, -0.2) is 4.79 Å². The number of benzene rings is 1. The second kappa shape index (κ2) is 6.61. The van der Waals surface area contributed by atoms with E-state index in [1.165, 1.54) is 18.7 Å². The topological polar surface area (TPSA) is 92.7 Å². The molecular weight excluding hydrogens is 318 g/mol. The zero-order valence-corrected chi connectivity index (χ0v) is 14.0. The Labute approximate surface area is 143 Å². The second-order valence-electron chi connectivity index (χ2n) is 5.71. The Kier molecular flexibility index (Phi) is 4.35. The van der Waals surface area contributed by atoms with E-state index in [9.17, 15) is 14.9 Å². The first kappa shape index (κ1) is 16.5. The fourth-order valence-electron chi connectivity index (χ4n) is 2.84. The van der Waals surface area contributed by atoms with Crippen molar-refractivity contribution in [1.29, 1.82) is 5.26 Å². The molecule has 0 unspecified atom stereocenters. The number of hydrogen-bond donors (Lipinski definition) is 1. The van der Waals surface area contributed by atoms with Crippen LogP contribution in [0, 0.1) is 11.3 Å². The average Bonchev–Trinajstić information content (AvgIpc) is 2.64. The van der Waals surface area contributed by atoms with Crippen molar-refractivity contribution in [2.24, 2.45) is 14.1 Å². The first-order valence-electron chi connectivity index (χ1n) is 7.81. The summed E-state index contributed by atoms with van der Waals surface area (Å²) in [5.41, 5.74) is 0.835. The van der Waals surface area contributed by atoms with Crippen molar-refractivity contribution in [1.82, 2.24) is 14.1 Å². The van der Waals surface area contributed by atoms with E-state index in [2.05, 4.69) is 10.3 Å². The zero-order valence-electron chi connectivity index (χ0n) is 14.0. The zero-order chi connectivity index (χ0) is 18.0. The standard InChI is InChI=1S/C18H17N5O2/c1-22-16(14(11-19)17(24)23(2)18(22)25)21-10-8-13-6-3-5-12-7-4-9-20-15(12)13/h3-7,9,21H,8,10H2,1-2H3. The fraction of sp³-hybridized carbons (Fsp3) is 0.222. The maximum absolute atomic E-state index is 12.1. The molecule has 25 heavy (non-hydrogen) atoms. The van der Waals surface area contributed by atoms with E-state index < -0.39 is 11.2 Å². The molecule has 126 valence electrons. The number of nitrogens with zero attached hydrogens (tertiary/aromatic N) is 4. The fourth-order valence-corrected chi connectivity index (χ4v) is 2.84. The molecule has 2 heterocycles. The van der Waals surface area contributed by atoms with Gasteiger partial charge in [0.05, 0.1) is 5.52 Å². The van der Waals surface area contributed by atoms with E-state index in [1.807, 2.05) is 36.4 Å². The van der Waals surface area contributed by atoms with Crippen LogP contribution in [0.25, 0.3) is 10.9 Å². The maximum Gasteiger partial charge on any atom is 0.332 e. The van der Waals surface area contributed by atoms with Crippen molar-refractivity contribution < 1.29 is 0 Å². The lowest BCUT2D eigenvalue weighted by molar-refractivity contribution is 0.685. The van der Waals surface area contributed by atoms with Crippen LogP contribution in [0.2, 0.25) is 0 Å². The molecule has 7 heteroatoms. The normalized spacial score (nSPS) is 10.6. The summed E-state index contributed by atoms with van der Waals surface area (Å²) in [5, 5.41) is 13.4. The summed E-state index contributed by atoms with van der Waals surface area (Å²) in [4.78, 5) is 28.5. The van der Waals surface area contributed by atoms with Crippen LogP contribution < -0.4 is 16.6 Å². The van der Waals surface area contributed by atoms with Crippen molar-refractivity contribution >= 4 is 16.7 Å². The van der Waals surface area contributed by atoms with E-state index in [-0.39, 0.29) is 11.4 Å². The highest BCUT2D eigenvalue weighted by Gasteiger charge is 2.15. The third kappa shape index (κ3) is 2.90. The van der Waals surface area contributed by atoms with Gasteiger partial charge < -0.3 is 5.32 Å². The minimum Gasteiger partial charge on any atom is -0.370 e. The van der Waals surface area contributed by atoms with Gasteiger partial charge in [-0.2, -0.15) is 5.26 Å². The summed E-state index contributed by atoms with van der Waals surface area (Å²) >= 11 is 0. The highest BCUT2D eigenvalue weighted by Crippen LogP contribution is 2.16. The number of fused-ring (bicyclic) bond motifs is 1.